The second-order valence-electron chi connectivity index (χ2n) is 6.00. The van der Waals surface area contributed by atoms with Gasteiger partial charge in [-0.2, -0.15) is 0 Å². The summed E-state index contributed by atoms with van der Waals surface area (Å²) in [5, 5.41) is 14.4. The van der Waals surface area contributed by atoms with Gasteiger partial charge in [-0.1, -0.05) is 0 Å². The first-order chi connectivity index (χ1) is 11.3. The molecule has 1 fully saturated rings. The van der Waals surface area contributed by atoms with Crippen molar-refractivity contribution in [1.82, 2.24) is 14.9 Å². The smallest absolute Gasteiger partial charge is 0.289 e. The Bertz CT molecular complexity index is 710. The number of piperazine rings is 1. The van der Waals surface area contributed by atoms with Gasteiger partial charge in [0.2, 0.25) is 10.0 Å². The van der Waals surface area contributed by atoms with Crippen molar-refractivity contribution < 1.29 is 13.3 Å². The SMILES string of the molecule is Cc1cc([N+](=O)[O-])c(S(=O)(=O)NCCCN2CCNCC2)cc1C.Cl.Cl. The van der Waals surface area contributed by atoms with Gasteiger partial charge in [-0.3, -0.25) is 10.1 Å². The van der Waals surface area contributed by atoms with Crippen LogP contribution in [-0.2, 0) is 10.0 Å². The van der Waals surface area contributed by atoms with Crippen LogP contribution in [0.4, 0.5) is 5.69 Å². The second-order valence-corrected chi connectivity index (χ2v) is 7.74. The zero-order valence-corrected chi connectivity index (χ0v) is 17.3. The molecule has 0 aromatic heterocycles. The number of nitro groups is 1. The van der Waals surface area contributed by atoms with Crippen molar-refractivity contribution in [3.63, 3.8) is 0 Å². The molecule has 2 rings (SSSR count). The van der Waals surface area contributed by atoms with Gasteiger partial charge in [-0.15, -0.1) is 24.8 Å². The second kappa shape index (κ2) is 11.0. The Balaban J connectivity index is 0.00000312. The number of aryl methyl sites for hydroxylation is 2. The van der Waals surface area contributed by atoms with Crippen LogP contribution in [0.5, 0.6) is 0 Å². The first-order valence-corrected chi connectivity index (χ1v) is 9.48. The molecule has 11 heteroatoms. The molecule has 1 aliphatic heterocycles. The molecule has 26 heavy (non-hydrogen) atoms. The topological polar surface area (TPSA) is 105 Å². The summed E-state index contributed by atoms with van der Waals surface area (Å²) in [6, 6.07) is 2.68. The minimum atomic E-state index is -3.90. The maximum Gasteiger partial charge on any atom is 0.289 e. The summed E-state index contributed by atoms with van der Waals surface area (Å²) in [5.74, 6) is 0. The molecule has 1 heterocycles. The first-order valence-electron chi connectivity index (χ1n) is 7.99. The minimum absolute atomic E-state index is 0. The Labute approximate surface area is 166 Å². The number of nitrogens with one attached hydrogen (secondary N) is 2. The zero-order valence-electron chi connectivity index (χ0n) is 14.9. The van der Waals surface area contributed by atoms with Gasteiger partial charge in [-0.25, -0.2) is 13.1 Å². The number of sulfonamides is 1. The quantitative estimate of drug-likeness (QED) is 0.388. The molecule has 1 aliphatic rings. The van der Waals surface area contributed by atoms with Crippen LogP contribution in [0.15, 0.2) is 17.0 Å². The minimum Gasteiger partial charge on any atom is -0.314 e. The summed E-state index contributed by atoms with van der Waals surface area (Å²) < 4.78 is 27.3. The van der Waals surface area contributed by atoms with Crippen molar-refractivity contribution in [3.05, 3.63) is 33.4 Å². The average molecular weight is 429 g/mol. The van der Waals surface area contributed by atoms with Gasteiger partial charge >= 0.3 is 0 Å². The highest BCUT2D eigenvalue weighted by Crippen LogP contribution is 2.27. The van der Waals surface area contributed by atoms with E-state index in [9.17, 15) is 18.5 Å². The van der Waals surface area contributed by atoms with Crippen LogP contribution in [0.3, 0.4) is 0 Å². The summed E-state index contributed by atoms with van der Waals surface area (Å²) in [4.78, 5) is 12.5. The Morgan fingerprint density at radius 2 is 1.77 bits per heavy atom. The highest BCUT2D eigenvalue weighted by atomic mass is 35.5. The number of rotatable bonds is 7. The van der Waals surface area contributed by atoms with E-state index in [0.717, 1.165) is 32.7 Å². The van der Waals surface area contributed by atoms with E-state index in [2.05, 4.69) is 14.9 Å². The lowest BCUT2D eigenvalue weighted by Gasteiger charge is -2.27. The predicted octanol–water partition coefficient (Wildman–Crippen LogP) is 1.63. The molecule has 0 unspecified atom stereocenters. The van der Waals surface area contributed by atoms with Crippen LogP contribution in [0.2, 0.25) is 0 Å². The summed E-state index contributed by atoms with van der Waals surface area (Å²) in [7, 11) is -3.90. The molecule has 8 nitrogen and oxygen atoms in total. The van der Waals surface area contributed by atoms with Gasteiger partial charge in [0.1, 0.15) is 0 Å². The van der Waals surface area contributed by atoms with Gasteiger partial charge in [-0.05, 0) is 44.0 Å². The fraction of sp³-hybridized carbons (Fsp3) is 0.600. The largest absolute Gasteiger partial charge is 0.314 e. The summed E-state index contributed by atoms with van der Waals surface area (Å²) in [5.41, 5.74) is 1.02. The van der Waals surface area contributed by atoms with E-state index in [1.54, 1.807) is 13.8 Å². The zero-order chi connectivity index (χ0) is 17.7. The molecule has 2 N–H and O–H groups in total. The molecular formula is C15H26Cl2N4O4S. The summed E-state index contributed by atoms with van der Waals surface area (Å²) >= 11 is 0. The molecule has 0 aliphatic carbocycles. The van der Waals surface area contributed by atoms with Crippen molar-refractivity contribution >= 4 is 40.5 Å². The van der Waals surface area contributed by atoms with Crippen molar-refractivity contribution in [3.8, 4) is 0 Å². The molecule has 1 aromatic carbocycles. The Hall–Kier alpha value is -0.970. The number of nitro benzene ring substituents is 1. The lowest BCUT2D eigenvalue weighted by Crippen LogP contribution is -2.44. The fourth-order valence-corrected chi connectivity index (χ4v) is 3.96. The van der Waals surface area contributed by atoms with E-state index in [1.165, 1.54) is 12.1 Å². The third kappa shape index (κ3) is 6.64. The van der Waals surface area contributed by atoms with E-state index >= 15 is 0 Å². The number of nitrogens with zero attached hydrogens (tertiary/aromatic N) is 2. The molecule has 150 valence electrons. The fourth-order valence-electron chi connectivity index (χ4n) is 2.65. The monoisotopic (exact) mass is 428 g/mol. The van der Waals surface area contributed by atoms with Crippen LogP contribution in [-0.4, -0.2) is 57.5 Å². The Kier molecular flexibility index (Phi) is 10.6. The van der Waals surface area contributed by atoms with Crippen molar-refractivity contribution in [1.29, 1.82) is 0 Å². The van der Waals surface area contributed by atoms with Gasteiger partial charge in [0, 0.05) is 38.8 Å². The summed E-state index contributed by atoms with van der Waals surface area (Å²) in [6.07, 6.45) is 0.665. The van der Waals surface area contributed by atoms with E-state index in [1.807, 2.05) is 0 Å². The standard InChI is InChI=1S/C15H24N4O4S.2ClH/c1-12-10-14(19(20)21)15(11-13(12)2)24(22,23)17-4-3-7-18-8-5-16-6-9-18;;/h10-11,16-17H,3-9H2,1-2H3;2*1H. The molecule has 1 aromatic rings. The van der Waals surface area contributed by atoms with E-state index in [-0.39, 0.29) is 41.9 Å². The molecule has 0 radical (unpaired) electrons. The lowest BCUT2D eigenvalue weighted by molar-refractivity contribution is -0.387. The maximum atomic E-state index is 12.4. The number of hydrogen-bond acceptors (Lipinski definition) is 6. The van der Waals surface area contributed by atoms with Crippen LogP contribution >= 0.6 is 24.8 Å². The molecular weight excluding hydrogens is 403 g/mol. The predicted molar refractivity (Wildman–Crippen MR) is 106 cm³/mol. The maximum absolute atomic E-state index is 12.4. The van der Waals surface area contributed by atoms with Gasteiger partial charge in [0.25, 0.3) is 5.69 Å². The van der Waals surface area contributed by atoms with Crippen molar-refractivity contribution in [2.24, 2.45) is 0 Å². The molecule has 1 saturated heterocycles. The normalized spacial score (nSPS) is 15.0. The van der Waals surface area contributed by atoms with Gasteiger partial charge in [0.05, 0.1) is 4.92 Å². The number of hydrogen-bond donors (Lipinski definition) is 2. The Morgan fingerprint density at radius 3 is 2.35 bits per heavy atom. The highest BCUT2D eigenvalue weighted by Gasteiger charge is 2.26. The van der Waals surface area contributed by atoms with Gasteiger partial charge < -0.3 is 10.2 Å². The molecule has 0 bridgehead atoms. The van der Waals surface area contributed by atoms with Crippen molar-refractivity contribution in [2.75, 3.05) is 39.3 Å². The van der Waals surface area contributed by atoms with Crippen LogP contribution in [0.1, 0.15) is 17.5 Å². The Morgan fingerprint density at radius 1 is 1.19 bits per heavy atom. The third-order valence-corrected chi connectivity index (χ3v) is 5.70. The van der Waals surface area contributed by atoms with E-state index in [4.69, 9.17) is 0 Å². The van der Waals surface area contributed by atoms with E-state index in [0.29, 0.717) is 17.5 Å². The molecule has 0 atom stereocenters. The van der Waals surface area contributed by atoms with Crippen molar-refractivity contribution in [2.45, 2.75) is 25.2 Å². The summed E-state index contributed by atoms with van der Waals surface area (Å²) in [6.45, 7) is 8.32. The van der Waals surface area contributed by atoms with Crippen LogP contribution < -0.4 is 10.0 Å². The molecule has 0 saturated carbocycles. The average Bonchev–Trinajstić information content (AvgIpc) is 2.54. The first kappa shape index (κ1) is 25.0. The highest BCUT2D eigenvalue weighted by molar-refractivity contribution is 7.89. The van der Waals surface area contributed by atoms with Crippen LogP contribution in [0, 0.1) is 24.0 Å². The molecule has 0 amide bonds. The van der Waals surface area contributed by atoms with Gasteiger partial charge in [0.15, 0.2) is 4.90 Å². The third-order valence-electron chi connectivity index (χ3n) is 4.21. The number of benzene rings is 1. The van der Waals surface area contributed by atoms with E-state index < -0.39 is 14.9 Å². The lowest BCUT2D eigenvalue weighted by atomic mass is 10.1. The number of halogens is 2. The molecule has 0 spiro atoms. The van der Waals surface area contributed by atoms with Crippen LogP contribution in [0.25, 0.3) is 0 Å².